The minimum absolute atomic E-state index is 0.193. The van der Waals surface area contributed by atoms with E-state index in [2.05, 4.69) is 10.0 Å². The van der Waals surface area contributed by atoms with E-state index in [-0.39, 0.29) is 12.0 Å². The van der Waals surface area contributed by atoms with Gasteiger partial charge in [-0.05, 0) is 43.0 Å². The first-order valence-corrected chi connectivity index (χ1v) is 7.96. The lowest BCUT2D eigenvalue weighted by molar-refractivity contribution is 0.238. The highest BCUT2D eigenvalue weighted by atomic mass is 32.2. The molecule has 1 aromatic carbocycles. The normalized spacial score (nSPS) is 23.8. The Kier molecular flexibility index (Phi) is 4.41. The maximum Gasteiger partial charge on any atom is 0.243 e. The number of piperidine rings is 1. The summed E-state index contributed by atoms with van der Waals surface area (Å²) in [6, 6.07) is 2.40. The van der Waals surface area contributed by atoms with Crippen LogP contribution in [-0.4, -0.2) is 28.1 Å². The Morgan fingerprint density at radius 2 is 2.15 bits per heavy atom. The van der Waals surface area contributed by atoms with Crippen LogP contribution in [0.3, 0.4) is 0 Å². The van der Waals surface area contributed by atoms with E-state index in [1.807, 2.05) is 6.92 Å². The van der Waals surface area contributed by atoms with Gasteiger partial charge in [0.25, 0.3) is 0 Å². The molecule has 0 radical (unpaired) electrons. The zero-order valence-corrected chi connectivity index (χ0v) is 12.1. The Hall–Kier alpha value is -1.05. The van der Waals surface area contributed by atoms with Crippen molar-refractivity contribution < 1.29 is 17.2 Å². The fourth-order valence-electron chi connectivity index (χ4n) is 2.30. The van der Waals surface area contributed by atoms with Crippen molar-refractivity contribution in [1.82, 2.24) is 10.0 Å². The third-order valence-corrected chi connectivity index (χ3v) is 4.97. The molecule has 2 rings (SSSR count). The number of halogens is 2. The SMILES string of the molecule is CC1(CNS(=O)(=O)c2cc(F)ccc2F)CCCNC1. The average Bonchev–Trinajstić information content (AvgIpc) is 2.40. The number of benzene rings is 1. The summed E-state index contributed by atoms with van der Waals surface area (Å²) in [7, 11) is -4.04. The van der Waals surface area contributed by atoms with Crippen LogP contribution in [0.15, 0.2) is 23.1 Å². The Balaban J connectivity index is 2.13. The third kappa shape index (κ3) is 3.53. The topological polar surface area (TPSA) is 58.2 Å². The van der Waals surface area contributed by atoms with Gasteiger partial charge in [0.05, 0.1) is 0 Å². The molecule has 0 aromatic heterocycles. The van der Waals surface area contributed by atoms with E-state index in [1.165, 1.54) is 0 Å². The maximum atomic E-state index is 13.5. The maximum absolute atomic E-state index is 13.5. The molecule has 1 unspecified atom stereocenters. The largest absolute Gasteiger partial charge is 0.316 e. The predicted octanol–water partition coefficient (Wildman–Crippen LogP) is 1.63. The van der Waals surface area contributed by atoms with Gasteiger partial charge in [0.1, 0.15) is 16.5 Å². The second-order valence-corrected chi connectivity index (χ2v) is 7.23. The summed E-state index contributed by atoms with van der Waals surface area (Å²) in [5, 5.41) is 3.20. The Morgan fingerprint density at radius 3 is 2.80 bits per heavy atom. The lowest BCUT2D eigenvalue weighted by Gasteiger charge is -2.34. The van der Waals surface area contributed by atoms with E-state index >= 15 is 0 Å². The Morgan fingerprint density at radius 1 is 1.40 bits per heavy atom. The van der Waals surface area contributed by atoms with Crippen LogP contribution >= 0.6 is 0 Å². The molecule has 20 heavy (non-hydrogen) atoms. The summed E-state index contributed by atoms with van der Waals surface area (Å²) in [4.78, 5) is -0.648. The highest BCUT2D eigenvalue weighted by molar-refractivity contribution is 7.89. The van der Waals surface area contributed by atoms with Gasteiger partial charge in [-0.15, -0.1) is 0 Å². The summed E-state index contributed by atoms with van der Waals surface area (Å²) in [5.74, 6) is -1.73. The van der Waals surface area contributed by atoms with Crippen LogP contribution < -0.4 is 10.0 Å². The average molecular weight is 304 g/mol. The Bertz CT molecular complexity index is 584. The minimum atomic E-state index is -4.04. The van der Waals surface area contributed by atoms with Crippen LogP contribution in [0.25, 0.3) is 0 Å². The van der Waals surface area contributed by atoms with Crippen molar-refractivity contribution in [3.8, 4) is 0 Å². The van der Waals surface area contributed by atoms with E-state index in [0.29, 0.717) is 12.6 Å². The molecule has 0 spiro atoms. The number of hydrogen-bond acceptors (Lipinski definition) is 3. The lowest BCUT2D eigenvalue weighted by Crippen LogP contribution is -2.45. The molecule has 4 nitrogen and oxygen atoms in total. The zero-order valence-electron chi connectivity index (χ0n) is 11.2. The van der Waals surface area contributed by atoms with Gasteiger partial charge in [-0.1, -0.05) is 6.92 Å². The first kappa shape index (κ1) is 15.3. The van der Waals surface area contributed by atoms with Crippen molar-refractivity contribution in [3.63, 3.8) is 0 Å². The molecular weight excluding hydrogens is 286 g/mol. The van der Waals surface area contributed by atoms with Crippen molar-refractivity contribution in [1.29, 1.82) is 0 Å². The molecule has 7 heteroatoms. The first-order valence-electron chi connectivity index (χ1n) is 6.48. The standard InChI is InChI=1S/C13H18F2N2O2S/c1-13(5-2-6-16-8-13)9-17-20(18,19)12-7-10(14)3-4-11(12)15/h3-4,7,16-17H,2,5-6,8-9H2,1H3. The number of nitrogens with one attached hydrogen (secondary N) is 2. The van der Waals surface area contributed by atoms with Crippen LogP contribution in [0.5, 0.6) is 0 Å². The number of hydrogen-bond donors (Lipinski definition) is 2. The molecule has 0 aliphatic carbocycles. The van der Waals surface area contributed by atoms with Gasteiger partial charge in [-0.2, -0.15) is 0 Å². The zero-order chi connectivity index (χ0) is 14.8. The summed E-state index contributed by atoms with van der Waals surface area (Å²) >= 11 is 0. The molecule has 112 valence electrons. The van der Waals surface area contributed by atoms with Gasteiger partial charge >= 0.3 is 0 Å². The monoisotopic (exact) mass is 304 g/mol. The van der Waals surface area contributed by atoms with Crippen molar-refractivity contribution >= 4 is 10.0 Å². The fraction of sp³-hybridized carbons (Fsp3) is 0.538. The third-order valence-electron chi connectivity index (χ3n) is 3.56. The summed E-state index contributed by atoms with van der Waals surface area (Å²) in [5.41, 5.74) is -0.213. The second kappa shape index (κ2) is 5.75. The van der Waals surface area contributed by atoms with E-state index in [1.54, 1.807) is 0 Å². The predicted molar refractivity (Wildman–Crippen MR) is 71.8 cm³/mol. The smallest absolute Gasteiger partial charge is 0.243 e. The molecule has 1 fully saturated rings. The molecule has 2 N–H and O–H groups in total. The van der Waals surface area contributed by atoms with Gasteiger partial charge in [0, 0.05) is 13.1 Å². The van der Waals surface area contributed by atoms with Gasteiger partial charge in [0.2, 0.25) is 10.0 Å². The molecule has 0 saturated carbocycles. The van der Waals surface area contributed by atoms with E-state index in [4.69, 9.17) is 0 Å². The molecule has 0 bridgehead atoms. The molecule has 1 atom stereocenters. The lowest BCUT2D eigenvalue weighted by atomic mass is 9.83. The van der Waals surface area contributed by atoms with Crippen LogP contribution in [-0.2, 0) is 10.0 Å². The first-order chi connectivity index (χ1) is 9.32. The summed E-state index contributed by atoms with van der Waals surface area (Å²) in [6.45, 7) is 3.77. The minimum Gasteiger partial charge on any atom is -0.316 e. The van der Waals surface area contributed by atoms with Gasteiger partial charge in [-0.3, -0.25) is 0 Å². The van der Waals surface area contributed by atoms with Crippen molar-refractivity contribution in [3.05, 3.63) is 29.8 Å². The summed E-state index contributed by atoms with van der Waals surface area (Å²) < 4.78 is 53.1. The molecule has 0 amide bonds. The van der Waals surface area contributed by atoms with Crippen molar-refractivity contribution in [2.24, 2.45) is 5.41 Å². The van der Waals surface area contributed by atoms with E-state index in [9.17, 15) is 17.2 Å². The van der Waals surface area contributed by atoms with Crippen LogP contribution in [0.2, 0.25) is 0 Å². The molecule has 1 aliphatic heterocycles. The second-order valence-electron chi connectivity index (χ2n) is 5.49. The quantitative estimate of drug-likeness (QED) is 0.889. The molecule has 1 aromatic rings. The molecule has 1 saturated heterocycles. The van der Waals surface area contributed by atoms with E-state index < -0.39 is 26.6 Å². The summed E-state index contributed by atoms with van der Waals surface area (Å²) in [6.07, 6.45) is 1.85. The van der Waals surface area contributed by atoms with Crippen LogP contribution in [0.1, 0.15) is 19.8 Å². The molecular formula is C13H18F2N2O2S. The molecule has 1 aliphatic rings. The Labute approximate surface area is 117 Å². The number of rotatable bonds is 4. The van der Waals surface area contributed by atoms with Crippen LogP contribution in [0, 0.1) is 17.0 Å². The highest BCUT2D eigenvalue weighted by Gasteiger charge is 2.29. The number of sulfonamides is 1. The van der Waals surface area contributed by atoms with E-state index in [0.717, 1.165) is 31.5 Å². The van der Waals surface area contributed by atoms with Gasteiger partial charge in [-0.25, -0.2) is 21.9 Å². The van der Waals surface area contributed by atoms with Crippen molar-refractivity contribution in [2.75, 3.05) is 19.6 Å². The van der Waals surface area contributed by atoms with Crippen LogP contribution in [0.4, 0.5) is 8.78 Å². The fourth-order valence-corrected chi connectivity index (χ4v) is 3.59. The van der Waals surface area contributed by atoms with Crippen molar-refractivity contribution in [2.45, 2.75) is 24.7 Å². The molecule has 1 heterocycles. The van der Waals surface area contributed by atoms with Gasteiger partial charge < -0.3 is 5.32 Å². The highest BCUT2D eigenvalue weighted by Crippen LogP contribution is 2.25. The van der Waals surface area contributed by atoms with Gasteiger partial charge in [0.15, 0.2) is 0 Å².